The highest BCUT2D eigenvalue weighted by atomic mass is 32.2. The summed E-state index contributed by atoms with van der Waals surface area (Å²) in [6, 6.07) is 11.6. The zero-order valence-corrected chi connectivity index (χ0v) is 22.9. The molecule has 1 aromatic carbocycles. The van der Waals surface area contributed by atoms with Crippen molar-refractivity contribution in [3.63, 3.8) is 0 Å². The Balaban J connectivity index is 1.43. The number of thioether (sulfide) groups is 1. The second kappa shape index (κ2) is 11.3. The van der Waals surface area contributed by atoms with Crippen molar-refractivity contribution < 1.29 is 19.1 Å². The number of amides is 2. The molecule has 3 heterocycles. The summed E-state index contributed by atoms with van der Waals surface area (Å²) in [7, 11) is 0. The molecule has 0 N–H and O–H groups in total. The Kier molecular flexibility index (Phi) is 7.41. The SMILES string of the molecule is CCN1C(=O)SC(=Cc2cn(-c3ccccn3)nc2-c2cc(OC3CCCC3)cc(OC3CCCC3)c2)C1=O. The van der Waals surface area contributed by atoms with Crippen LogP contribution in [-0.2, 0) is 4.79 Å². The Labute approximate surface area is 232 Å². The average molecular weight is 545 g/mol. The summed E-state index contributed by atoms with van der Waals surface area (Å²) < 4.78 is 14.5. The van der Waals surface area contributed by atoms with Crippen LogP contribution >= 0.6 is 11.8 Å². The molecule has 2 aromatic heterocycles. The number of pyridine rings is 1. The topological polar surface area (TPSA) is 86.6 Å². The number of likely N-dealkylation sites (N-methyl/N-ethyl adjacent to an activating group) is 1. The van der Waals surface area contributed by atoms with Gasteiger partial charge in [-0.15, -0.1) is 0 Å². The molecule has 3 aliphatic rings. The van der Waals surface area contributed by atoms with Gasteiger partial charge >= 0.3 is 0 Å². The Morgan fingerprint density at radius 3 is 2.21 bits per heavy atom. The smallest absolute Gasteiger partial charge is 0.293 e. The predicted octanol–water partition coefficient (Wildman–Crippen LogP) is 6.63. The van der Waals surface area contributed by atoms with E-state index in [2.05, 4.69) is 4.98 Å². The fourth-order valence-electron chi connectivity index (χ4n) is 5.48. The fourth-order valence-corrected chi connectivity index (χ4v) is 6.37. The normalized spacial score (nSPS) is 19.5. The van der Waals surface area contributed by atoms with E-state index in [1.54, 1.807) is 23.9 Å². The highest BCUT2D eigenvalue weighted by Gasteiger charge is 2.34. The first-order valence-electron chi connectivity index (χ1n) is 13.8. The third-order valence-electron chi connectivity index (χ3n) is 7.47. The number of hydrogen-bond acceptors (Lipinski definition) is 7. The zero-order valence-electron chi connectivity index (χ0n) is 22.0. The Bertz CT molecular complexity index is 1350. The summed E-state index contributed by atoms with van der Waals surface area (Å²) in [5.74, 6) is 1.89. The van der Waals surface area contributed by atoms with Crippen LogP contribution in [0.4, 0.5) is 4.79 Å². The van der Waals surface area contributed by atoms with Gasteiger partial charge in [0.1, 0.15) is 17.2 Å². The minimum absolute atomic E-state index is 0.200. The zero-order chi connectivity index (χ0) is 26.8. The molecule has 1 aliphatic heterocycles. The number of carbonyl (C=O) groups is 2. The van der Waals surface area contributed by atoms with Gasteiger partial charge in [-0.3, -0.25) is 14.5 Å². The minimum Gasteiger partial charge on any atom is -0.490 e. The predicted molar refractivity (Wildman–Crippen MR) is 151 cm³/mol. The van der Waals surface area contributed by atoms with Crippen LogP contribution in [0.15, 0.2) is 53.7 Å². The molecule has 0 radical (unpaired) electrons. The number of imide groups is 1. The van der Waals surface area contributed by atoms with E-state index in [1.165, 1.54) is 30.6 Å². The number of ether oxygens (including phenoxy) is 2. The molecule has 3 aromatic rings. The van der Waals surface area contributed by atoms with Crippen molar-refractivity contribution in [2.24, 2.45) is 0 Å². The molecule has 39 heavy (non-hydrogen) atoms. The van der Waals surface area contributed by atoms with E-state index >= 15 is 0 Å². The lowest BCUT2D eigenvalue weighted by molar-refractivity contribution is -0.122. The van der Waals surface area contributed by atoms with Gasteiger partial charge in [0, 0.05) is 36.1 Å². The number of aromatic nitrogens is 3. The summed E-state index contributed by atoms with van der Waals surface area (Å²) in [5, 5.41) is 4.64. The van der Waals surface area contributed by atoms with Crippen molar-refractivity contribution >= 4 is 29.0 Å². The number of carbonyl (C=O) groups excluding carboxylic acids is 2. The maximum Gasteiger partial charge on any atom is 0.293 e. The van der Waals surface area contributed by atoms with Crippen LogP contribution in [0.2, 0.25) is 0 Å². The lowest BCUT2D eigenvalue weighted by Gasteiger charge is -2.18. The molecule has 0 atom stereocenters. The van der Waals surface area contributed by atoms with Gasteiger partial charge in [-0.1, -0.05) is 6.07 Å². The molecule has 3 fully saturated rings. The molecule has 2 amide bonds. The monoisotopic (exact) mass is 544 g/mol. The Morgan fingerprint density at radius 2 is 1.64 bits per heavy atom. The van der Waals surface area contributed by atoms with E-state index in [-0.39, 0.29) is 23.4 Å². The third-order valence-corrected chi connectivity index (χ3v) is 8.37. The molecular formula is C30H32N4O4S. The maximum atomic E-state index is 12.9. The highest BCUT2D eigenvalue weighted by Crippen LogP contribution is 2.38. The molecule has 9 heteroatoms. The minimum atomic E-state index is -0.285. The first-order valence-corrected chi connectivity index (χ1v) is 14.6. The summed E-state index contributed by atoms with van der Waals surface area (Å²) in [6.45, 7) is 2.13. The van der Waals surface area contributed by atoms with E-state index in [1.807, 2.05) is 42.6 Å². The summed E-state index contributed by atoms with van der Waals surface area (Å²) in [4.78, 5) is 31.4. The van der Waals surface area contributed by atoms with Crippen molar-refractivity contribution in [3.8, 4) is 28.6 Å². The van der Waals surface area contributed by atoms with Crippen LogP contribution in [0.5, 0.6) is 11.5 Å². The molecule has 202 valence electrons. The highest BCUT2D eigenvalue weighted by molar-refractivity contribution is 8.18. The molecule has 0 unspecified atom stereocenters. The van der Waals surface area contributed by atoms with E-state index in [0.29, 0.717) is 28.5 Å². The maximum absolute atomic E-state index is 12.9. The Morgan fingerprint density at radius 1 is 0.974 bits per heavy atom. The first-order chi connectivity index (χ1) is 19.1. The molecular weight excluding hydrogens is 512 g/mol. The first kappa shape index (κ1) is 25.7. The molecule has 0 spiro atoms. The largest absolute Gasteiger partial charge is 0.490 e. The summed E-state index contributed by atoms with van der Waals surface area (Å²) in [5.41, 5.74) is 2.21. The van der Waals surface area contributed by atoms with Crippen LogP contribution in [0.25, 0.3) is 23.2 Å². The van der Waals surface area contributed by atoms with Crippen molar-refractivity contribution in [1.82, 2.24) is 19.7 Å². The quantitative estimate of drug-likeness (QED) is 0.294. The molecule has 1 saturated heterocycles. The van der Waals surface area contributed by atoms with Crippen LogP contribution in [0.1, 0.15) is 63.9 Å². The van der Waals surface area contributed by atoms with Crippen molar-refractivity contribution in [3.05, 3.63) is 59.3 Å². The standard InChI is InChI=1S/C30H32N4O4S/c1-2-33-29(35)26(39-30(33)36)17-21-19-34(27-13-7-8-14-31-27)32-28(21)20-15-24(37-22-9-3-4-10-22)18-25(16-20)38-23-11-5-6-12-23/h7-8,13-19,22-23H,2-6,9-12H2,1H3. The van der Waals surface area contributed by atoms with E-state index in [4.69, 9.17) is 14.6 Å². The Hall–Kier alpha value is -3.59. The number of nitrogens with zero attached hydrogens (tertiary/aromatic N) is 4. The molecule has 2 aliphatic carbocycles. The van der Waals surface area contributed by atoms with E-state index < -0.39 is 0 Å². The van der Waals surface area contributed by atoms with Gasteiger partial charge in [0.05, 0.1) is 17.1 Å². The van der Waals surface area contributed by atoms with Gasteiger partial charge < -0.3 is 9.47 Å². The second-order valence-electron chi connectivity index (χ2n) is 10.2. The third kappa shape index (κ3) is 5.59. The van der Waals surface area contributed by atoms with Gasteiger partial charge in [0.2, 0.25) is 0 Å². The second-order valence-corrected chi connectivity index (χ2v) is 11.2. The van der Waals surface area contributed by atoms with Crippen LogP contribution in [-0.4, -0.2) is 49.6 Å². The van der Waals surface area contributed by atoms with Crippen molar-refractivity contribution in [2.75, 3.05) is 6.54 Å². The molecule has 0 bridgehead atoms. The fraction of sp³-hybridized carbons (Fsp3) is 0.400. The number of rotatable bonds is 8. The van der Waals surface area contributed by atoms with Gasteiger partial charge in [0.25, 0.3) is 11.1 Å². The molecule has 8 nitrogen and oxygen atoms in total. The van der Waals surface area contributed by atoms with Gasteiger partial charge in [0.15, 0.2) is 5.82 Å². The molecule has 2 saturated carbocycles. The number of benzene rings is 1. The molecule has 6 rings (SSSR count). The average Bonchev–Trinajstić information content (AvgIpc) is 3.75. The lowest BCUT2D eigenvalue weighted by atomic mass is 10.1. The van der Waals surface area contributed by atoms with Crippen LogP contribution in [0, 0.1) is 0 Å². The summed E-state index contributed by atoms with van der Waals surface area (Å²) >= 11 is 0.956. The van der Waals surface area contributed by atoms with Crippen molar-refractivity contribution in [1.29, 1.82) is 0 Å². The van der Waals surface area contributed by atoms with Crippen molar-refractivity contribution in [2.45, 2.75) is 70.5 Å². The van der Waals surface area contributed by atoms with Gasteiger partial charge in [-0.05, 0) is 100 Å². The summed E-state index contributed by atoms with van der Waals surface area (Å²) in [6.07, 6.45) is 14.6. The van der Waals surface area contributed by atoms with Gasteiger partial charge in [-0.25, -0.2) is 9.67 Å². The lowest BCUT2D eigenvalue weighted by Crippen LogP contribution is -2.27. The number of hydrogen-bond donors (Lipinski definition) is 0. The van der Waals surface area contributed by atoms with Crippen LogP contribution < -0.4 is 9.47 Å². The van der Waals surface area contributed by atoms with E-state index in [9.17, 15) is 9.59 Å². The van der Waals surface area contributed by atoms with Crippen LogP contribution in [0.3, 0.4) is 0 Å². The van der Waals surface area contributed by atoms with E-state index in [0.717, 1.165) is 54.5 Å². The van der Waals surface area contributed by atoms with Gasteiger partial charge in [-0.2, -0.15) is 5.10 Å².